The Labute approximate surface area is 532 Å². The number of benzene rings is 6. The van der Waals surface area contributed by atoms with Gasteiger partial charge in [0, 0.05) is 207 Å². The highest BCUT2D eigenvalue weighted by atomic mass is 14.8. The van der Waals surface area contributed by atoms with Gasteiger partial charge in [-0.2, -0.15) is 0 Å². The van der Waals surface area contributed by atoms with Crippen LogP contribution in [0.5, 0.6) is 0 Å². The summed E-state index contributed by atoms with van der Waals surface area (Å²) in [5.41, 5.74) is 32.8. The monoisotopic (exact) mass is 1230 g/mol. The number of hydrogen-bond acceptors (Lipinski definition) is 0. The third-order valence-electron chi connectivity index (χ3n) is 21.6. The Bertz CT molecular complexity index is 7340. The molecule has 0 fully saturated rings. The molecule has 26 aromatic rings. The molecule has 20 aromatic heterocycles. The summed E-state index contributed by atoms with van der Waals surface area (Å²) in [4.78, 5) is 63.0. The molecule has 16 nitrogen and oxygen atoms in total. The van der Waals surface area contributed by atoms with Gasteiger partial charge in [0.2, 0.25) is 0 Å². The van der Waals surface area contributed by atoms with Gasteiger partial charge in [0.15, 0.2) is 0 Å². The third-order valence-corrected chi connectivity index (χ3v) is 21.6. The Kier molecular flexibility index (Phi) is 7.80. The van der Waals surface area contributed by atoms with E-state index in [0.717, 1.165) is 273 Å². The molecule has 32 bridgehead atoms. The smallest absolute Gasteiger partial charge is 0.0568 e. The molecule has 0 saturated heterocycles. The highest BCUT2D eigenvalue weighted by Gasteiger charge is 2.26. The molecular weight excluding hydrogens is 1180 g/mol. The topological polar surface area (TPSA) is 253 Å². The Morgan fingerprint density at radius 1 is 0.104 bits per heavy atom. The van der Waals surface area contributed by atoms with Gasteiger partial charge in [0.1, 0.15) is 0 Å². The van der Waals surface area contributed by atoms with Crippen LogP contribution in [-0.4, -0.2) is 79.7 Å². The second-order valence-electron chi connectivity index (χ2n) is 27.3. The lowest BCUT2D eigenvalue weighted by Crippen LogP contribution is -1.85. The summed E-state index contributed by atoms with van der Waals surface area (Å²) in [6, 6.07) is 67.3. The van der Waals surface area contributed by atoms with E-state index in [1.54, 1.807) is 0 Å². The maximum atomic E-state index is 4.08. The molecule has 0 atom stereocenters. The molecule has 16 heteroatoms. The molecule has 0 aliphatic rings. The summed E-state index contributed by atoms with van der Waals surface area (Å²) in [6.45, 7) is 0. The number of H-pyrrole nitrogens is 16. The molecular formula is C80H46N16. The fraction of sp³-hybridized carbons (Fsp3) is 0. The molecule has 0 aliphatic carbocycles. The minimum atomic E-state index is 0.982. The van der Waals surface area contributed by atoms with Crippen molar-refractivity contribution in [2.24, 2.45) is 0 Å². The first-order chi connectivity index (χ1) is 47.3. The molecule has 20 heterocycles. The fourth-order valence-electron chi connectivity index (χ4n) is 17.9. The van der Waals surface area contributed by atoms with E-state index in [1.165, 1.54) is 0 Å². The molecule has 0 radical (unpaired) electrons. The SMILES string of the molecule is c1cc2cc3cc4c5cc6cc7cc8c9cc%10cc%11cc%12c%13cc%14cc%15ccc(cc%16ccc(cc%17cc%18c%19cc(cc%20cc%21c%22cc(cc%23cc%24c%25cc(cc%26ccc(cc1[nH]2)[nH]%26)[nH]c%25c(c4[nH]3)c(c5[nH]6)c%24[nH]%23)[nH]c%22c(c8[nH]7)c(c9[nH]%10)c%21[nH]%20)[nH]c%19c(c%12[nH]%11)c(c%13[nH]%14)c%18[nH]%17)[nH]%16)[nH]%15. The first-order valence-corrected chi connectivity index (χ1v) is 32.6. The second-order valence-corrected chi connectivity index (χ2v) is 27.3. The standard InChI is InChI=1S/C80H46N16/c1-5-35-11-39-19-51-55-23-43-15-47-27-59-60-29-49-17-45-25-57-53-21-41-13-37-7-3-33(83-37)10-34-4-8-38(84-34)14-42-22-54-58-26-46(92-76(58)66(75(57)91-45)64(71(53)87-41)72(54)88-42)18-50-30-62-61-28-48(94-79(61)67(77(59)93-47)68(78(60)95-49)80(62)96-50)16-44-24-56-52-20-40(12-36-6-2-32(82-36)9-31(1)81-35)86-70(52)63(69(51)85-39)65(73(55)89-43)74(56)90-44/h1-30,81-96H. The van der Waals surface area contributed by atoms with Crippen molar-refractivity contribution in [1.29, 1.82) is 0 Å². The lowest BCUT2D eigenvalue weighted by atomic mass is 9.98. The summed E-state index contributed by atoms with van der Waals surface area (Å²) >= 11 is 0. The van der Waals surface area contributed by atoms with Crippen LogP contribution in [0.25, 0.3) is 273 Å². The van der Waals surface area contributed by atoms with Crippen LogP contribution in [-0.2, 0) is 0 Å². The van der Waals surface area contributed by atoms with E-state index in [0.29, 0.717) is 0 Å². The number of aromatic nitrogens is 16. The van der Waals surface area contributed by atoms with E-state index in [2.05, 4.69) is 262 Å². The second kappa shape index (κ2) is 15.8. The van der Waals surface area contributed by atoms with Gasteiger partial charge in [-0.15, -0.1) is 0 Å². The molecule has 96 heavy (non-hydrogen) atoms. The van der Waals surface area contributed by atoms with E-state index in [1.807, 2.05) is 0 Å². The summed E-state index contributed by atoms with van der Waals surface area (Å²) in [7, 11) is 0. The maximum Gasteiger partial charge on any atom is 0.0568 e. The largest absolute Gasteiger partial charge is 0.355 e. The molecule has 16 N–H and O–H groups in total. The predicted octanol–water partition coefficient (Wildman–Crippen LogP) is 21.5. The normalized spacial score (nSPS) is 13.2. The Morgan fingerprint density at radius 2 is 0.208 bits per heavy atom. The van der Waals surface area contributed by atoms with Crippen molar-refractivity contribution in [3.8, 4) is 0 Å². The van der Waals surface area contributed by atoms with Crippen LogP contribution in [0.2, 0.25) is 0 Å². The fourth-order valence-corrected chi connectivity index (χ4v) is 17.9. The van der Waals surface area contributed by atoms with E-state index >= 15 is 0 Å². The highest BCUT2D eigenvalue weighted by molar-refractivity contribution is 6.42. The van der Waals surface area contributed by atoms with Crippen LogP contribution in [0.1, 0.15) is 0 Å². The average molecular weight is 1230 g/mol. The van der Waals surface area contributed by atoms with Crippen LogP contribution in [0.15, 0.2) is 182 Å². The van der Waals surface area contributed by atoms with Crippen molar-refractivity contribution < 1.29 is 0 Å². The summed E-state index contributed by atoms with van der Waals surface area (Å²) < 4.78 is 0. The molecule has 6 aromatic carbocycles. The van der Waals surface area contributed by atoms with Crippen molar-refractivity contribution >= 4 is 273 Å². The minimum absolute atomic E-state index is 0.982. The zero-order valence-electron chi connectivity index (χ0n) is 50.3. The number of fused-ring (bicyclic) bond motifs is 26. The molecule has 0 amide bonds. The number of aromatic amines is 16. The van der Waals surface area contributed by atoms with Gasteiger partial charge in [-0.3, -0.25) is 0 Å². The van der Waals surface area contributed by atoms with Crippen LogP contribution in [0, 0.1) is 0 Å². The van der Waals surface area contributed by atoms with Gasteiger partial charge < -0.3 is 79.7 Å². The number of rotatable bonds is 0. The zero-order valence-corrected chi connectivity index (χ0v) is 50.3. The first kappa shape index (κ1) is 47.3. The lowest BCUT2D eigenvalue weighted by Gasteiger charge is -2.08. The van der Waals surface area contributed by atoms with Crippen LogP contribution in [0.3, 0.4) is 0 Å². The quantitative estimate of drug-likeness (QED) is 0.0677. The van der Waals surface area contributed by atoms with Gasteiger partial charge in [0.25, 0.3) is 0 Å². The van der Waals surface area contributed by atoms with Gasteiger partial charge >= 0.3 is 0 Å². The first-order valence-electron chi connectivity index (χ1n) is 32.6. The Morgan fingerprint density at radius 3 is 0.333 bits per heavy atom. The lowest BCUT2D eigenvalue weighted by molar-refractivity contribution is 1.50. The van der Waals surface area contributed by atoms with Crippen molar-refractivity contribution in [1.82, 2.24) is 79.7 Å². The molecule has 26 rings (SSSR count). The summed E-state index contributed by atoms with van der Waals surface area (Å²) in [5.74, 6) is 0. The summed E-state index contributed by atoms with van der Waals surface area (Å²) in [6.07, 6.45) is 0. The van der Waals surface area contributed by atoms with E-state index < -0.39 is 0 Å². The van der Waals surface area contributed by atoms with Gasteiger partial charge in [0.05, 0.1) is 66.2 Å². The van der Waals surface area contributed by atoms with Crippen LogP contribution in [0.4, 0.5) is 0 Å². The van der Waals surface area contributed by atoms with E-state index in [-0.39, 0.29) is 0 Å². The maximum absolute atomic E-state index is 4.08. The Balaban J connectivity index is 0.821. The van der Waals surface area contributed by atoms with Crippen molar-refractivity contribution in [3.63, 3.8) is 0 Å². The van der Waals surface area contributed by atoms with Crippen molar-refractivity contribution in [3.05, 3.63) is 182 Å². The van der Waals surface area contributed by atoms with E-state index in [9.17, 15) is 0 Å². The average Bonchev–Trinajstić information content (AvgIpc) is 1.49. The number of nitrogens with one attached hydrogen (secondary N) is 16. The van der Waals surface area contributed by atoms with Crippen molar-refractivity contribution in [2.75, 3.05) is 0 Å². The van der Waals surface area contributed by atoms with Gasteiger partial charge in [-0.1, -0.05) is 0 Å². The van der Waals surface area contributed by atoms with Crippen molar-refractivity contribution in [2.45, 2.75) is 0 Å². The predicted molar refractivity (Wildman–Crippen MR) is 400 cm³/mol. The van der Waals surface area contributed by atoms with E-state index in [4.69, 9.17) is 0 Å². The van der Waals surface area contributed by atoms with Crippen LogP contribution >= 0.6 is 0 Å². The van der Waals surface area contributed by atoms with Crippen LogP contribution < -0.4 is 0 Å². The molecule has 0 unspecified atom stereocenters. The minimum Gasteiger partial charge on any atom is -0.355 e. The highest BCUT2D eigenvalue weighted by Crippen LogP contribution is 2.49. The van der Waals surface area contributed by atoms with Gasteiger partial charge in [-0.25, -0.2) is 0 Å². The molecule has 0 saturated carbocycles. The molecule has 446 valence electrons. The molecule has 0 aliphatic heterocycles. The molecule has 0 spiro atoms. The Hall–Kier alpha value is -13.6. The zero-order chi connectivity index (χ0) is 61.4. The summed E-state index contributed by atoms with van der Waals surface area (Å²) in [5, 5.41) is 20.2. The van der Waals surface area contributed by atoms with Gasteiger partial charge in [-0.05, 0) is 182 Å². The third kappa shape index (κ3) is 6.01. The number of hydrogen-bond donors (Lipinski definition) is 16.